The average molecular weight is 164 g/mol. The third kappa shape index (κ3) is 26.7. The van der Waals surface area contributed by atoms with Gasteiger partial charge in [0.25, 0.3) is 0 Å². The minimum atomic E-state index is -0.0677. The van der Waals surface area contributed by atoms with Crippen LogP contribution in [0, 0.1) is 0 Å². The topological polar surface area (TPSA) is 73.6 Å². The summed E-state index contributed by atoms with van der Waals surface area (Å²) in [6.07, 6.45) is 0. The van der Waals surface area contributed by atoms with Crippen LogP contribution in [0.4, 0.5) is 0 Å². The highest BCUT2D eigenvalue weighted by Crippen LogP contribution is 1.59. The molecule has 11 heavy (non-hydrogen) atoms. The number of amides is 1. The summed E-state index contributed by atoms with van der Waals surface area (Å²) in [6, 6.07) is 0. The summed E-state index contributed by atoms with van der Waals surface area (Å²) in [7, 11) is 3.08. The summed E-state index contributed by atoms with van der Waals surface area (Å²) in [5.41, 5.74) is 4.81. The summed E-state index contributed by atoms with van der Waals surface area (Å²) in [4.78, 5) is 10.0. The number of hydrogen-bond donors (Lipinski definition) is 2. The van der Waals surface area contributed by atoms with Crippen LogP contribution >= 0.6 is 0 Å². The molecule has 0 heterocycles. The average Bonchev–Trinajstić information content (AvgIpc) is 2.01. The summed E-state index contributed by atoms with van der Waals surface area (Å²) in [5.74, 6) is -0.0677. The van der Waals surface area contributed by atoms with Gasteiger partial charge in [0.15, 0.2) is 0 Å². The van der Waals surface area contributed by atoms with E-state index in [0.717, 1.165) is 0 Å². The number of methoxy groups -OCH3 is 2. The van der Waals surface area contributed by atoms with Gasteiger partial charge < -0.3 is 20.5 Å². The minimum Gasteiger partial charge on any atom is -0.370 e. The first-order valence-corrected chi connectivity index (χ1v) is 3.11. The normalized spacial score (nSPS) is 8.00. The van der Waals surface area contributed by atoms with E-state index in [0.29, 0.717) is 13.5 Å². The predicted octanol–water partition coefficient (Wildman–Crippen LogP) is -0.725. The number of rotatable bonds is 3. The Labute approximate surface area is 66.8 Å². The van der Waals surface area contributed by atoms with Gasteiger partial charge in [0.1, 0.15) is 6.73 Å². The van der Waals surface area contributed by atoms with E-state index in [-0.39, 0.29) is 5.91 Å². The highest BCUT2D eigenvalue weighted by molar-refractivity contribution is 5.72. The van der Waals surface area contributed by atoms with Crippen LogP contribution < -0.4 is 11.1 Å². The standard InChI is InChI=1S/C4H9NO2.C2H7NO/c1-4(6)5-3-7-2;1-4-2-3/h3H2,1-2H3,(H,5,6);2-3H2,1H3. The lowest BCUT2D eigenvalue weighted by Gasteiger charge is -1.95. The van der Waals surface area contributed by atoms with Crippen molar-refractivity contribution in [3.63, 3.8) is 0 Å². The van der Waals surface area contributed by atoms with Crippen LogP contribution in [-0.4, -0.2) is 33.6 Å². The molecule has 0 aliphatic heterocycles. The molecular weight excluding hydrogens is 148 g/mol. The summed E-state index contributed by atoms with van der Waals surface area (Å²) >= 11 is 0. The van der Waals surface area contributed by atoms with Gasteiger partial charge in [-0.1, -0.05) is 0 Å². The van der Waals surface area contributed by atoms with Gasteiger partial charge in [0, 0.05) is 21.1 Å². The van der Waals surface area contributed by atoms with Crippen molar-refractivity contribution in [3.8, 4) is 0 Å². The van der Waals surface area contributed by atoms with E-state index in [1.165, 1.54) is 14.0 Å². The van der Waals surface area contributed by atoms with Crippen LogP contribution in [0.2, 0.25) is 0 Å². The Bertz CT molecular complexity index is 85.9. The third-order valence-corrected chi connectivity index (χ3v) is 0.632. The Hall–Kier alpha value is -0.650. The number of ether oxygens (including phenoxy) is 2. The van der Waals surface area contributed by atoms with E-state index in [4.69, 9.17) is 5.73 Å². The lowest BCUT2D eigenvalue weighted by Crippen LogP contribution is -2.21. The number of carbonyl (C=O) groups excluding carboxylic acids is 1. The molecule has 0 rings (SSSR count). The number of nitrogens with two attached hydrogens (primary N) is 1. The van der Waals surface area contributed by atoms with Crippen molar-refractivity contribution < 1.29 is 14.3 Å². The van der Waals surface area contributed by atoms with E-state index < -0.39 is 0 Å². The second kappa shape index (κ2) is 12.1. The van der Waals surface area contributed by atoms with E-state index >= 15 is 0 Å². The smallest absolute Gasteiger partial charge is 0.218 e. The molecule has 0 saturated carbocycles. The van der Waals surface area contributed by atoms with Gasteiger partial charge in [-0.25, -0.2) is 0 Å². The van der Waals surface area contributed by atoms with Crippen LogP contribution in [0.1, 0.15) is 6.92 Å². The molecule has 0 spiro atoms. The van der Waals surface area contributed by atoms with Crippen molar-refractivity contribution in [2.75, 3.05) is 27.7 Å². The molecule has 0 atom stereocenters. The maximum absolute atomic E-state index is 10.0. The Kier molecular flexibility index (Phi) is 14.2. The molecule has 0 fully saturated rings. The molecule has 0 aromatic rings. The summed E-state index contributed by atoms with van der Waals surface area (Å²) < 4.78 is 8.84. The van der Waals surface area contributed by atoms with Gasteiger partial charge in [-0.05, 0) is 0 Å². The van der Waals surface area contributed by atoms with Crippen molar-refractivity contribution in [1.82, 2.24) is 5.32 Å². The highest BCUT2D eigenvalue weighted by atomic mass is 16.5. The molecule has 0 unspecified atom stereocenters. The maximum Gasteiger partial charge on any atom is 0.218 e. The molecule has 3 N–H and O–H groups in total. The molecule has 5 nitrogen and oxygen atoms in total. The number of nitrogens with one attached hydrogen (secondary N) is 1. The highest BCUT2D eigenvalue weighted by Gasteiger charge is 1.82. The molecule has 0 saturated heterocycles. The first-order chi connectivity index (χ1) is 5.18. The fraction of sp³-hybridized carbons (Fsp3) is 0.833. The maximum atomic E-state index is 10.0. The fourth-order valence-electron chi connectivity index (χ4n) is 0.174. The van der Waals surface area contributed by atoms with Crippen molar-refractivity contribution in [3.05, 3.63) is 0 Å². The Morgan fingerprint density at radius 2 is 1.91 bits per heavy atom. The van der Waals surface area contributed by atoms with Crippen molar-refractivity contribution >= 4 is 5.91 Å². The van der Waals surface area contributed by atoms with Crippen molar-refractivity contribution in [2.45, 2.75) is 6.92 Å². The van der Waals surface area contributed by atoms with Gasteiger partial charge in [-0.3, -0.25) is 4.79 Å². The summed E-state index contributed by atoms with van der Waals surface area (Å²) in [5, 5.41) is 2.43. The monoisotopic (exact) mass is 164 g/mol. The van der Waals surface area contributed by atoms with Gasteiger partial charge in [0.05, 0.1) is 6.73 Å². The lowest BCUT2D eigenvalue weighted by molar-refractivity contribution is -0.120. The van der Waals surface area contributed by atoms with Gasteiger partial charge in [-0.2, -0.15) is 0 Å². The molecule has 5 heteroatoms. The van der Waals surface area contributed by atoms with Crippen LogP contribution in [0.15, 0.2) is 0 Å². The van der Waals surface area contributed by atoms with E-state index in [1.807, 2.05) is 0 Å². The Morgan fingerprint density at radius 3 is 2.00 bits per heavy atom. The molecular formula is C6H16N2O3. The predicted molar refractivity (Wildman–Crippen MR) is 41.8 cm³/mol. The molecule has 0 aromatic heterocycles. The third-order valence-electron chi connectivity index (χ3n) is 0.632. The molecule has 0 aliphatic carbocycles. The lowest BCUT2D eigenvalue weighted by atomic mass is 10.7. The van der Waals surface area contributed by atoms with E-state index in [2.05, 4.69) is 14.8 Å². The fourth-order valence-corrected chi connectivity index (χ4v) is 0.174. The molecule has 68 valence electrons. The first kappa shape index (κ1) is 13.0. The minimum absolute atomic E-state index is 0.0677. The van der Waals surface area contributed by atoms with Gasteiger partial charge in [-0.15, -0.1) is 0 Å². The molecule has 0 bridgehead atoms. The zero-order valence-corrected chi connectivity index (χ0v) is 7.22. The summed E-state index contributed by atoms with van der Waals surface area (Å²) in [6.45, 7) is 2.06. The van der Waals surface area contributed by atoms with Gasteiger partial charge in [0.2, 0.25) is 5.91 Å². The van der Waals surface area contributed by atoms with Crippen LogP contribution in [0.25, 0.3) is 0 Å². The SMILES string of the molecule is COCN.COCNC(C)=O. The number of carbonyl (C=O) groups is 1. The molecule has 0 aromatic carbocycles. The molecule has 1 amide bonds. The number of hydrogen-bond acceptors (Lipinski definition) is 4. The zero-order chi connectivity index (χ0) is 9.11. The Morgan fingerprint density at radius 1 is 1.45 bits per heavy atom. The van der Waals surface area contributed by atoms with Crippen LogP contribution in [-0.2, 0) is 14.3 Å². The van der Waals surface area contributed by atoms with E-state index in [9.17, 15) is 4.79 Å². The van der Waals surface area contributed by atoms with Crippen molar-refractivity contribution in [2.24, 2.45) is 5.73 Å². The van der Waals surface area contributed by atoms with Crippen LogP contribution in [0.5, 0.6) is 0 Å². The largest absolute Gasteiger partial charge is 0.370 e. The zero-order valence-electron chi connectivity index (χ0n) is 7.22. The van der Waals surface area contributed by atoms with Crippen molar-refractivity contribution in [1.29, 1.82) is 0 Å². The Balaban J connectivity index is 0. The first-order valence-electron chi connectivity index (χ1n) is 3.11. The second-order valence-electron chi connectivity index (χ2n) is 1.62. The van der Waals surface area contributed by atoms with Crippen LogP contribution in [0.3, 0.4) is 0 Å². The molecule has 0 aliphatic rings. The quantitative estimate of drug-likeness (QED) is 0.540. The molecule has 0 radical (unpaired) electrons. The second-order valence-corrected chi connectivity index (χ2v) is 1.62. The van der Waals surface area contributed by atoms with Gasteiger partial charge >= 0.3 is 0 Å². The van der Waals surface area contributed by atoms with E-state index in [1.54, 1.807) is 7.11 Å².